The van der Waals surface area contributed by atoms with Gasteiger partial charge in [-0.3, -0.25) is 0 Å². The highest BCUT2D eigenvalue weighted by Crippen LogP contribution is 2.34. The summed E-state index contributed by atoms with van der Waals surface area (Å²) in [5, 5.41) is 0. The summed E-state index contributed by atoms with van der Waals surface area (Å²) in [6, 6.07) is 46.8. The first-order valence-electron chi connectivity index (χ1n) is 14.2. The molecule has 0 saturated heterocycles. The molecule has 4 N–H and O–H groups in total. The van der Waals surface area contributed by atoms with E-state index >= 15 is 0 Å². The Kier molecular flexibility index (Phi) is 7.06. The van der Waals surface area contributed by atoms with E-state index in [-0.39, 0.29) is 0 Å². The highest BCUT2D eigenvalue weighted by Gasteiger charge is 2.20. The third-order valence-electron chi connectivity index (χ3n) is 7.23. The molecule has 1 aliphatic heterocycles. The van der Waals surface area contributed by atoms with Crippen molar-refractivity contribution in [2.24, 2.45) is 9.98 Å². The zero-order chi connectivity index (χ0) is 29.9. The summed E-state index contributed by atoms with van der Waals surface area (Å²) in [6.07, 6.45) is 0. The number of hydrogen-bond donors (Lipinski definition) is 2. The van der Waals surface area contributed by atoms with Crippen molar-refractivity contribution in [3.05, 3.63) is 168 Å². The minimum Gasteiger partial charge on any atom is -0.457 e. The van der Waals surface area contributed by atoms with Crippen LogP contribution in [0.25, 0.3) is 0 Å². The predicted octanol–water partition coefficient (Wildman–Crippen LogP) is 9.09. The van der Waals surface area contributed by atoms with Gasteiger partial charge in [0.25, 0.3) is 0 Å². The van der Waals surface area contributed by atoms with E-state index in [1.807, 2.05) is 121 Å². The van der Waals surface area contributed by atoms with Crippen LogP contribution in [0.1, 0.15) is 22.3 Å². The van der Waals surface area contributed by atoms with E-state index in [4.69, 9.17) is 30.9 Å². The molecule has 6 aromatic rings. The summed E-state index contributed by atoms with van der Waals surface area (Å²) < 4.78 is 12.1. The van der Waals surface area contributed by atoms with Crippen LogP contribution < -0.4 is 20.9 Å². The van der Waals surface area contributed by atoms with Gasteiger partial charge in [-0.25, -0.2) is 9.98 Å². The van der Waals surface area contributed by atoms with Gasteiger partial charge in [0.1, 0.15) is 23.0 Å². The van der Waals surface area contributed by atoms with Crippen molar-refractivity contribution < 1.29 is 9.47 Å². The summed E-state index contributed by atoms with van der Waals surface area (Å²) in [7, 11) is 0. The molecule has 0 saturated carbocycles. The minimum absolute atomic E-state index is 0.653. The lowest BCUT2D eigenvalue weighted by molar-refractivity contribution is 0.482. The molecule has 6 nitrogen and oxygen atoms in total. The normalized spacial score (nSPS) is 14.5. The van der Waals surface area contributed by atoms with Gasteiger partial charge in [-0.1, -0.05) is 48.5 Å². The Morgan fingerprint density at radius 1 is 0.386 bits per heavy atom. The summed E-state index contributed by atoms with van der Waals surface area (Å²) >= 11 is 0. The van der Waals surface area contributed by atoms with Crippen LogP contribution in [-0.4, -0.2) is 11.4 Å². The predicted molar refractivity (Wildman–Crippen MR) is 178 cm³/mol. The van der Waals surface area contributed by atoms with Crippen LogP contribution in [0.2, 0.25) is 0 Å². The molecule has 1 heterocycles. The van der Waals surface area contributed by atoms with Gasteiger partial charge in [0.15, 0.2) is 0 Å². The van der Waals surface area contributed by atoms with Crippen LogP contribution in [0, 0.1) is 0 Å². The van der Waals surface area contributed by atoms with Crippen LogP contribution in [0.15, 0.2) is 156 Å². The summed E-state index contributed by atoms with van der Waals surface area (Å²) in [6.45, 7) is 0. The second-order valence-electron chi connectivity index (χ2n) is 10.4. The zero-order valence-electron chi connectivity index (χ0n) is 23.7. The molecule has 6 aromatic carbocycles. The molecule has 0 aliphatic carbocycles. The second-order valence-corrected chi connectivity index (χ2v) is 10.4. The van der Waals surface area contributed by atoms with Crippen LogP contribution in [0.4, 0.5) is 22.7 Å². The van der Waals surface area contributed by atoms with Gasteiger partial charge in [-0.15, -0.1) is 0 Å². The van der Waals surface area contributed by atoms with E-state index in [1.54, 1.807) is 12.1 Å². The first-order valence-corrected chi connectivity index (χ1v) is 14.2. The molecule has 7 rings (SSSR count). The highest BCUT2D eigenvalue weighted by molar-refractivity contribution is 6.22. The number of rotatable bonds is 6. The van der Waals surface area contributed by atoms with Crippen LogP contribution >= 0.6 is 0 Å². The lowest BCUT2D eigenvalue weighted by Gasteiger charge is -2.18. The van der Waals surface area contributed by atoms with Crippen molar-refractivity contribution in [3.63, 3.8) is 0 Å². The smallest absolute Gasteiger partial charge is 0.129 e. The van der Waals surface area contributed by atoms with E-state index < -0.39 is 0 Å². The van der Waals surface area contributed by atoms with Crippen molar-refractivity contribution in [1.29, 1.82) is 0 Å². The fourth-order valence-corrected chi connectivity index (χ4v) is 5.13. The molecule has 1 aliphatic rings. The molecule has 0 radical (unpaired) electrons. The van der Waals surface area contributed by atoms with E-state index in [0.717, 1.165) is 45.1 Å². The number of nitrogens with two attached hydrogens (primary N) is 2. The Bertz CT molecular complexity index is 1880. The maximum Gasteiger partial charge on any atom is 0.129 e. The average molecular weight is 573 g/mol. The molecule has 0 bridgehead atoms. The molecular formula is C38H28N4O2. The lowest BCUT2D eigenvalue weighted by atomic mass is 9.96. The number of fused-ring (bicyclic) bond motifs is 2. The minimum atomic E-state index is 0.653. The molecule has 44 heavy (non-hydrogen) atoms. The first-order chi connectivity index (χ1) is 21.6. The molecule has 0 fully saturated rings. The fraction of sp³-hybridized carbons (Fsp3) is 0. The Morgan fingerprint density at radius 2 is 0.795 bits per heavy atom. The Hall–Kier alpha value is -6.14. The molecular weight excluding hydrogens is 544 g/mol. The average Bonchev–Trinajstić information content (AvgIpc) is 3.03. The van der Waals surface area contributed by atoms with Crippen LogP contribution in [0.5, 0.6) is 23.0 Å². The van der Waals surface area contributed by atoms with E-state index in [9.17, 15) is 0 Å². The lowest BCUT2D eigenvalue weighted by Crippen LogP contribution is -2.10. The number of nitrogen functional groups attached to an aromatic ring is 2. The van der Waals surface area contributed by atoms with E-state index in [1.165, 1.54) is 0 Å². The van der Waals surface area contributed by atoms with Gasteiger partial charge in [0, 0.05) is 45.8 Å². The quantitative estimate of drug-likeness (QED) is 0.194. The molecule has 0 spiro atoms. The third kappa shape index (κ3) is 5.65. The number of benzene rings is 6. The Balaban J connectivity index is 1.25. The van der Waals surface area contributed by atoms with Crippen molar-refractivity contribution >= 4 is 34.2 Å². The van der Waals surface area contributed by atoms with Crippen molar-refractivity contribution in [1.82, 2.24) is 0 Å². The van der Waals surface area contributed by atoms with E-state index in [0.29, 0.717) is 34.4 Å². The zero-order valence-corrected chi connectivity index (χ0v) is 23.7. The van der Waals surface area contributed by atoms with Gasteiger partial charge < -0.3 is 20.9 Å². The monoisotopic (exact) mass is 572 g/mol. The van der Waals surface area contributed by atoms with Gasteiger partial charge in [0.05, 0.1) is 22.8 Å². The van der Waals surface area contributed by atoms with E-state index in [2.05, 4.69) is 12.1 Å². The number of anilines is 2. The number of hydrogen-bond acceptors (Lipinski definition) is 6. The largest absolute Gasteiger partial charge is 0.457 e. The highest BCUT2D eigenvalue weighted by atomic mass is 16.5. The van der Waals surface area contributed by atoms with Crippen molar-refractivity contribution in [2.45, 2.75) is 0 Å². The van der Waals surface area contributed by atoms with Crippen molar-refractivity contribution in [3.8, 4) is 23.0 Å². The maximum absolute atomic E-state index is 6.03. The Labute approximate surface area is 255 Å². The second kappa shape index (κ2) is 11.6. The van der Waals surface area contributed by atoms with Gasteiger partial charge in [-0.2, -0.15) is 0 Å². The van der Waals surface area contributed by atoms with Crippen molar-refractivity contribution in [2.75, 3.05) is 11.5 Å². The summed E-state index contributed by atoms with van der Waals surface area (Å²) in [5.41, 5.74) is 20.2. The topological polar surface area (TPSA) is 95.2 Å². The maximum atomic E-state index is 6.03. The van der Waals surface area contributed by atoms with Gasteiger partial charge in [0.2, 0.25) is 0 Å². The summed E-state index contributed by atoms with van der Waals surface area (Å²) in [5.74, 6) is 2.80. The number of aliphatic imine (C=N–C) groups is 2. The molecule has 0 aromatic heterocycles. The third-order valence-corrected chi connectivity index (χ3v) is 7.23. The molecule has 0 amide bonds. The molecule has 0 unspecified atom stereocenters. The number of nitrogens with zero attached hydrogens (tertiary/aromatic N) is 2. The molecule has 6 heteroatoms. The van der Waals surface area contributed by atoms with Crippen LogP contribution in [0.3, 0.4) is 0 Å². The number of para-hydroxylation sites is 2. The summed E-state index contributed by atoms with van der Waals surface area (Å²) in [4.78, 5) is 10.5. The Morgan fingerprint density at radius 3 is 1.20 bits per heavy atom. The van der Waals surface area contributed by atoms with Gasteiger partial charge >= 0.3 is 0 Å². The molecule has 0 atom stereocenters. The fourth-order valence-electron chi connectivity index (χ4n) is 5.13. The first kappa shape index (κ1) is 26.7. The SMILES string of the molecule is Nc1cccc(Oc2ccc(/C3=N/c4ccccc4/C(c4ccc(Oc5cccc(N)c5)cc4)=N\c4ccccc43)cc2)c1. The number of ether oxygens (including phenoxy) is 2. The van der Waals surface area contributed by atoms with Crippen LogP contribution in [-0.2, 0) is 0 Å². The van der Waals surface area contributed by atoms with Gasteiger partial charge in [-0.05, 0) is 84.9 Å². The molecule has 212 valence electrons. The standard InChI is InChI=1S/C38H28N4O2/c39-27-7-5-9-31(23-27)43-29-19-15-25(16-20-29)37-33-11-1-3-13-35(33)41-38(34-12-2-4-14-36(34)42-37)26-17-21-30(22-18-26)44-32-10-6-8-28(40)24-32/h1-24H,39-40H2/b37-33?,38-34?,41-35?,41-38-,42-36?,42-37-.